The molecule has 8 atom stereocenters. The Morgan fingerprint density at radius 2 is 1.88 bits per heavy atom. The molecule has 0 unspecified atom stereocenters. The topological polar surface area (TPSA) is 46.5 Å². The van der Waals surface area contributed by atoms with Crippen LogP contribution in [-0.2, 0) is 9.53 Å². The molecule has 32 heavy (non-hydrogen) atoms. The lowest BCUT2D eigenvalue weighted by Crippen LogP contribution is -2.51. The van der Waals surface area contributed by atoms with Gasteiger partial charge in [-0.05, 0) is 86.4 Å². The monoisotopic (exact) mass is 444 g/mol. The van der Waals surface area contributed by atoms with Gasteiger partial charge in [-0.3, -0.25) is 4.79 Å². The Hall–Kier alpha value is -0.830. The molecule has 0 aromatic rings. The number of aliphatic hydroxyl groups is 1. The van der Waals surface area contributed by atoms with Crippen LogP contribution >= 0.6 is 0 Å². The lowest BCUT2D eigenvalue weighted by molar-refractivity contribution is -0.157. The third-order valence-electron chi connectivity index (χ3n) is 10.4. The van der Waals surface area contributed by atoms with Crippen molar-refractivity contribution >= 4 is 5.97 Å². The van der Waals surface area contributed by atoms with E-state index in [9.17, 15) is 9.90 Å². The largest absolute Gasteiger partial charge is 0.462 e. The predicted molar refractivity (Wildman–Crippen MR) is 130 cm³/mol. The van der Waals surface area contributed by atoms with Crippen LogP contribution in [0.4, 0.5) is 0 Å². The average Bonchev–Trinajstić information content (AvgIpc) is 3.05. The number of rotatable bonds is 6. The summed E-state index contributed by atoms with van der Waals surface area (Å²) in [7, 11) is 0. The molecule has 182 valence electrons. The van der Waals surface area contributed by atoms with Crippen molar-refractivity contribution in [3.63, 3.8) is 0 Å². The summed E-state index contributed by atoms with van der Waals surface area (Å²) in [6.45, 7) is 13.6. The van der Waals surface area contributed by atoms with Gasteiger partial charge in [-0.25, -0.2) is 0 Å². The van der Waals surface area contributed by atoms with Gasteiger partial charge in [0.05, 0.1) is 6.10 Å². The summed E-state index contributed by atoms with van der Waals surface area (Å²) < 4.78 is 6.01. The molecule has 0 aliphatic heterocycles. The summed E-state index contributed by atoms with van der Waals surface area (Å²) in [5.41, 5.74) is 3.51. The fraction of sp³-hybridized carbons (Fsp3) is 0.897. The number of ether oxygens (including phenoxy) is 1. The molecule has 0 amide bonds. The molecule has 4 aliphatic carbocycles. The Kier molecular flexibility index (Phi) is 6.90. The van der Waals surface area contributed by atoms with Crippen LogP contribution in [0.2, 0.25) is 0 Å². The fourth-order valence-corrected chi connectivity index (χ4v) is 8.86. The minimum atomic E-state index is -0.268. The highest BCUT2D eigenvalue weighted by atomic mass is 16.5. The van der Waals surface area contributed by atoms with Crippen LogP contribution in [0.15, 0.2) is 11.1 Å². The Morgan fingerprint density at radius 3 is 2.56 bits per heavy atom. The fourth-order valence-electron chi connectivity index (χ4n) is 8.86. The van der Waals surface area contributed by atoms with E-state index in [0.29, 0.717) is 11.3 Å². The number of carbonyl (C=O) groups excluding carboxylic acids is 1. The summed E-state index contributed by atoms with van der Waals surface area (Å²) in [6, 6.07) is 0. The number of aliphatic hydroxyl groups excluding tert-OH is 1. The van der Waals surface area contributed by atoms with E-state index >= 15 is 0 Å². The second-order valence-electron chi connectivity index (χ2n) is 12.9. The normalized spacial score (nSPS) is 42.3. The summed E-state index contributed by atoms with van der Waals surface area (Å²) in [5, 5.41) is 10.5. The Balaban J connectivity index is 1.59. The second kappa shape index (κ2) is 9.08. The molecule has 0 radical (unpaired) electrons. The van der Waals surface area contributed by atoms with Crippen molar-refractivity contribution in [3.8, 4) is 0 Å². The maximum Gasteiger partial charge on any atom is 0.302 e. The number of allylic oxidation sites excluding steroid dienone is 1. The molecule has 1 N–H and O–H groups in total. The molecule has 0 spiro atoms. The molecule has 0 aromatic carbocycles. The van der Waals surface area contributed by atoms with E-state index in [2.05, 4.69) is 34.6 Å². The molecule has 3 heteroatoms. The second-order valence-corrected chi connectivity index (χ2v) is 12.9. The van der Waals surface area contributed by atoms with Crippen molar-refractivity contribution in [2.24, 2.45) is 40.4 Å². The third-order valence-corrected chi connectivity index (χ3v) is 10.4. The molecule has 3 saturated carbocycles. The number of hydrogen-bond donors (Lipinski definition) is 1. The first-order valence-corrected chi connectivity index (χ1v) is 13.6. The van der Waals surface area contributed by atoms with E-state index in [4.69, 9.17) is 4.74 Å². The first-order chi connectivity index (χ1) is 15.1. The smallest absolute Gasteiger partial charge is 0.302 e. The molecule has 3 nitrogen and oxygen atoms in total. The summed E-state index contributed by atoms with van der Waals surface area (Å²) in [4.78, 5) is 12.0. The van der Waals surface area contributed by atoms with Crippen LogP contribution in [-0.4, -0.2) is 23.3 Å². The van der Waals surface area contributed by atoms with Gasteiger partial charge in [0.2, 0.25) is 0 Å². The standard InChI is InChI=1S/C29H48O3/c1-18(2)8-7-9-19(3)24-12-13-26-23-16-27(32-20(4)30)29(6)17-21(31)10-11-25(29)22(23)14-15-28(24,26)5/h18-19,21,23-24,26-27,31H,7-17H2,1-6H3/t19-,21-,23+,24-,26-,27+,28+,29-/m0/s1. The molecule has 0 heterocycles. The van der Waals surface area contributed by atoms with E-state index in [1.54, 1.807) is 18.1 Å². The maximum absolute atomic E-state index is 12.0. The summed E-state index contributed by atoms with van der Waals surface area (Å²) >= 11 is 0. The van der Waals surface area contributed by atoms with Crippen LogP contribution in [0, 0.1) is 40.4 Å². The van der Waals surface area contributed by atoms with Crippen molar-refractivity contribution < 1.29 is 14.6 Å². The molecule has 0 saturated heterocycles. The average molecular weight is 445 g/mol. The zero-order valence-electron chi connectivity index (χ0n) is 21.6. The van der Waals surface area contributed by atoms with Crippen LogP contribution in [0.25, 0.3) is 0 Å². The lowest BCUT2D eigenvalue weighted by Gasteiger charge is -2.56. The number of esters is 1. The van der Waals surface area contributed by atoms with Gasteiger partial charge in [0.1, 0.15) is 6.10 Å². The van der Waals surface area contributed by atoms with Gasteiger partial charge < -0.3 is 9.84 Å². The highest BCUT2D eigenvalue weighted by Gasteiger charge is 2.58. The molecular formula is C29H48O3. The number of fused-ring (bicyclic) bond motifs is 4. The van der Waals surface area contributed by atoms with Gasteiger partial charge in [0, 0.05) is 12.3 Å². The molecule has 4 aliphatic rings. The molecule has 0 bridgehead atoms. The minimum Gasteiger partial charge on any atom is -0.462 e. The van der Waals surface area contributed by atoms with E-state index in [1.807, 2.05) is 0 Å². The van der Waals surface area contributed by atoms with Gasteiger partial charge in [-0.2, -0.15) is 0 Å². The number of hydrogen-bond acceptors (Lipinski definition) is 3. The van der Waals surface area contributed by atoms with Crippen molar-refractivity contribution in [1.82, 2.24) is 0 Å². The molecular weight excluding hydrogens is 396 g/mol. The van der Waals surface area contributed by atoms with Gasteiger partial charge >= 0.3 is 5.97 Å². The number of carbonyl (C=O) groups is 1. The first-order valence-electron chi connectivity index (χ1n) is 13.6. The van der Waals surface area contributed by atoms with Gasteiger partial charge in [-0.1, -0.05) is 65.0 Å². The van der Waals surface area contributed by atoms with Crippen LogP contribution in [0.1, 0.15) is 112 Å². The Bertz CT molecular complexity index is 739. The Labute approximate surface area is 196 Å². The SMILES string of the molecule is CC(=O)O[C@@H]1C[C@@H]2C(=C3CC[C@H](O)C[C@@]31C)CC[C@@]1(C)[C@H]2CC[C@H]1[C@@H](C)CCCC(C)C. The van der Waals surface area contributed by atoms with Gasteiger partial charge in [0.25, 0.3) is 0 Å². The Morgan fingerprint density at radius 1 is 1.12 bits per heavy atom. The molecule has 0 aromatic heterocycles. The predicted octanol–water partition coefficient (Wildman–Crippen LogP) is 7.07. The first kappa shape index (κ1) is 24.3. The molecule has 3 fully saturated rings. The summed E-state index contributed by atoms with van der Waals surface area (Å²) in [6.07, 6.45) is 12.6. The highest BCUT2D eigenvalue weighted by molar-refractivity contribution is 5.66. The quantitative estimate of drug-likeness (QED) is 0.352. The van der Waals surface area contributed by atoms with E-state index in [0.717, 1.165) is 49.4 Å². The van der Waals surface area contributed by atoms with Crippen molar-refractivity contribution in [3.05, 3.63) is 11.1 Å². The summed E-state index contributed by atoms with van der Waals surface area (Å²) in [5.74, 6) is 3.58. The third kappa shape index (κ3) is 4.21. The van der Waals surface area contributed by atoms with Gasteiger partial charge in [0.15, 0.2) is 0 Å². The van der Waals surface area contributed by atoms with Crippen molar-refractivity contribution in [2.45, 2.75) is 124 Å². The lowest BCUT2D eigenvalue weighted by atomic mass is 9.50. The van der Waals surface area contributed by atoms with Crippen molar-refractivity contribution in [2.75, 3.05) is 0 Å². The molecule has 4 rings (SSSR count). The zero-order valence-corrected chi connectivity index (χ0v) is 21.6. The van der Waals surface area contributed by atoms with E-state index in [-0.39, 0.29) is 23.6 Å². The van der Waals surface area contributed by atoms with Crippen molar-refractivity contribution in [1.29, 1.82) is 0 Å². The van der Waals surface area contributed by atoms with Crippen LogP contribution < -0.4 is 0 Å². The van der Waals surface area contributed by atoms with Crippen LogP contribution in [0.3, 0.4) is 0 Å². The highest BCUT2D eigenvalue weighted by Crippen LogP contribution is 2.66. The minimum absolute atomic E-state index is 0.0800. The van der Waals surface area contributed by atoms with E-state index < -0.39 is 0 Å². The van der Waals surface area contributed by atoms with Crippen LogP contribution in [0.5, 0.6) is 0 Å². The zero-order chi connectivity index (χ0) is 23.3. The maximum atomic E-state index is 12.0. The van der Waals surface area contributed by atoms with Gasteiger partial charge in [-0.15, -0.1) is 0 Å². The van der Waals surface area contributed by atoms with E-state index in [1.165, 1.54) is 44.9 Å².